The van der Waals surface area contributed by atoms with E-state index in [4.69, 9.17) is 23.9 Å². The van der Waals surface area contributed by atoms with Gasteiger partial charge in [-0.05, 0) is 80.9 Å². The summed E-state index contributed by atoms with van der Waals surface area (Å²) in [4.78, 5) is 63.7. The quantitative estimate of drug-likeness (QED) is 0.164. The molecule has 3 amide bonds. The van der Waals surface area contributed by atoms with Gasteiger partial charge in [-0.3, -0.25) is 24.8 Å². The van der Waals surface area contributed by atoms with Crippen LogP contribution < -0.4 is 35.9 Å². The van der Waals surface area contributed by atoms with Crippen molar-refractivity contribution in [2.45, 2.75) is 122 Å². The first-order valence-corrected chi connectivity index (χ1v) is 22.5. The number of rotatable bonds is 16. The first kappa shape index (κ1) is 43.9. The predicted molar refractivity (Wildman–Crippen MR) is 230 cm³/mol. The number of carboxylic acid groups (broad SMARTS) is 1. The van der Waals surface area contributed by atoms with E-state index in [1.165, 1.54) is 11.3 Å². The topological polar surface area (TPSA) is 196 Å². The Morgan fingerprint density at radius 2 is 1.81 bits per heavy atom. The zero-order valence-electron chi connectivity index (χ0n) is 36.9. The molecular weight excluding hydrogens is 797 g/mol. The SMILES string of the molecule is CC[C@@H]1C[C@]1(NC(=O)[C@@H]1C[C@@H](Oc2cc(N3C=CC(NC(C)C)N3)nc3cc(OCCN4CCOCC4)ccc23)CN1C(=O)[C@@H](NC(=O)OC1CC2C[C@H]2C1)C(C)(C)C)C(=O)O. The number of ether oxygens (including phenoxy) is 4. The second kappa shape index (κ2) is 17.8. The van der Waals surface area contributed by atoms with Crippen molar-refractivity contribution in [3.63, 3.8) is 0 Å². The fourth-order valence-corrected chi connectivity index (χ4v) is 9.62. The molecule has 2 aromatic rings. The van der Waals surface area contributed by atoms with Crippen molar-refractivity contribution in [2.75, 3.05) is 51.0 Å². The fourth-order valence-electron chi connectivity index (χ4n) is 9.62. The summed E-state index contributed by atoms with van der Waals surface area (Å²) in [6.45, 7) is 16.0. The van der Waals surface area contributed by atoms with Crippen LogP contribution in [-0.4, -0.2) is 132 Å². The highest BCUT2D eigenvalue weighted by Gasteiger charge is 2.61. The van der Waals surface area contributed by atoms with Gasteiger partial charge in [0.1, 0.15) is 47.9 Å². The molecule has 9 atom stereocenters. The van der Waals surface area contributed by atoms with Gasteiger partial charge in [-0.15, -0.1) is 0 Å². The number of hydrogen-bond acceptors (Lipinski definition) is 13. The van der Waals surface area contributed by atoms with Crippen LogP contribution in [0.25, 0.3) is 10.9 Å². The normalized spacial score (nSPS) is 29.7. The Morgan fingerprint density at radius 1 is 1.05 bits per heavy atom. The van der Waals surface area contributed by atoms with Gasteiger partial charge >= 0.3 is 12.1 Å². The van der Waals surface area contributed by atoms with Crippen LogP contribution in [-0.2, 0) is 23.9 Å². The number of carbonyl (C=O) groups is 4. The number of carboxylic acids is 1. The molecule has 17 nitrogen and oxygen atoms in total. The number of aromatic nitrogens is 1. The molecule has 8 rings (SSSR count). The number of anilines is 1. The maximum absolute atomic E-state index is 14.8. The lowest BCUT2D eigenvalue weighted by atomic mass is 9.85. The molecule has 3 unspecified atom stereocenters. The van der Waals surface area contributed by atoms with Crippen molar-refractivity contribution < 1.29 is 43.2 Å². The van der Waals surface area contributed by atoms with E-state index >= 15 is 0 Å². The Bertz CT molecular complexity index is 2030. The number of nitrogens with zero attached hydrogens (tertiary/aromatic N) is 4. The molecule has 17 heteroatoms. The molecule has 1 aromatic heterocycles. The van der Waals surface area contributed by atoms with Crippen molar-refractivity contribution >= 4 is 40.6 Å². The van der Waals surface area contributed by atoms with E-state index in [2.05, 4.69) is 40.1 Å². The number of hydrogen-bond donors (Lipinski definition) is 5. The van der Waals surface area contributed by atoms with Crippen LogP contribution in [0.3, 0.4) is 0 Å². The van der Waals surface area contributed by atoms with Crippen LogP contribution in [0.5, 0.6) is 11.5 Å². The summed E-state index contributed by atoms with van der Waals surface area (Å²) in [5, 5.41) is 21.9. The zero-order valence-corrected chi connectivity index (χ0v) is 36.9. The first-order valence-electron chi connectivity index (χ1n) is 22.5. The molecule has 4 heterocycles. The molecule has 0 radical (unpaired) electrons. The third kappa shape index (κ3) is 9.75. The summed E-state index contributed by atoms with van der Waals surface area (Å²) in [6, 6.07) is 5.60. The Kier molecular flexibility index (Phi) is 12.6. The summed E-state index contributed by atoms with van der Waals surface area (Å²) in [5.41, 5.74) is 1.87. The summed E-state index contributed by atoms with van der Waals surface area (Å²) in [7, 11) is 0. The third-order valence-electron chi connectivity index (χ3n) is 13.3. The zero-order chi connectivity index (χ0) is 43.9. The van der Waals surface area contributed by atoms with Crippen molar-refractivity contribution in [2.24, 2.45) is 23.2 Å². The van der Waals surface area contributed by atoms with Gasteiger partial charge in [-0.1, -0.05) is 34.1 Å². The van der Waals surface area contributed by atoms with Crippen LogP contribution in [0.2, 0.25) is 0 Å². The lowest BCUT2D eigenvalue weighted by molar-refractivity contribution is -0.146. The minimum Gasteiger partial charge on any atom is -0.492 e. The van der Waals surface area contributed by atoms with Crippen LogP contribution in [0.15, 0.2) is 36.5 Å². The molecule has 3 saturated carbocycles. The molecule has 0 spiro atoms. The highest BCUT2D eigenvalue weighted by atomic mass is 16.6. The van der Waals surface area contributed by atoms with E-state index in [1.807, 2.05) is 69.2 Å². The predicted octanol–water partition coefficient (Wildman–Crippen LogP) is 3.77. The van der Waals surface area contributed by atoms with Crippen LogP contribution >= 0.6 is 0 Å². The Labute approximate surface area is 363 Å². The van der Waals surface area contributed by atoms with Gasteiger partial charge in [0.2, 0.25) is 11.8 Å². The number of aliphatic carboxylic acids is 1. The molecule has 1 aromatic carbocycles. The molecule has 5 N–H and O–H groups in total. The Morgan fingerprint density at radius 3 is 2.48 bits per heavy atom. The molecule has 5 fully saturated rings. The van der Waals surface area contributed by atoms with E-state index in [9.17, 15) is 24.3 Å². The molecule has 0 bridgehead atoms. The first-order chi connectivity index (χ1) is 29.6. The number of amides is 3. The minimum atomic E-state index is -1.40. The van der Waals surface area contributed by atoms with E-state index in [1.54, 1.807) is 0 Å². The number of morpholine rings is 1. The molecule has 6 aliphatic rings. The van der Waals surface area contributed by atoms with E-state index in [0.717, 1.165) is 32.5 Å². The summed E-state index contributed by atoms with van der Waals surface area (Å²) < 4.78 is 24.3. The number of nitrogens with one attached hydrogen (secondary N) is 4. The number of fused-ring (bicyclic) bond motifs is 2. The highest BCUT2D eigenvalue weighted by Crippen LogP contribution is 2.52. The summed E-state index contributed by atoms with van der Waals surface area (Å²) in [5.74, 6) is 0.545. The number of likely N-dealkylation sites (tertiary alicyclic amines) is 1. The van der Waals surface area contributed by atoms with Crippen LogP contribution in [0.4, 0.5) is 10.6 Å². The van der Waals surface area contributed by atoms with Gasteiger partial charge in [0, 0.05) is 55.8 Å². The molecule has 3 aliphatic heterocycles. The lowest BCUT2D eigenvalue weighted by Gasteiger charge is -2.35. The van der Waals surface area contributed by atoms with Crippen molar-refractivity contribution in [1.29, 1.82) is 0 Å². The highest BCUT2D eigenvalue weighted by molar-refractivity contribution is 5.96. The number of pyridine rings is 1. The fraction of sp³-hybridized carbons (Fsp3) is 0.667. The monoisotopic (exact) mass is 860 g/mol. The smallest absolute Gasteiger partial charge is 0.408 e. The molecular formula is C45H64N8O9. The number of hydrazine groups is 1. The van der Waals surface area contributed by atoms with Gasteiger partial charge in [0.05, 0.1) is 31.4 Å². The van der Waals surface area contributed by atoms with Gasteiger partial charge in [0.15, 0.2) is 5.82 Å². The van der Waals surface area contributed by atoms with Crippen molar-refractivity contribution in [1.82, 2.24) is 36.2 Å². The maximum Gasteiger partial charge on any atom is 0.408 e. The largest absolute Gasteiger partial charge is 0.492 e. The second-order valence-electron chi connectivity index (χ2n) is 19.4. The number of benzene rings is 1. The summed E-state index contributed by atoms with van der Waals surface area (Å²) in [6.07, 6.45) is 6.06. The second-order valence-corrected chi connectivity index (χ2v) is 19.4. The van der Waals surface area contributed by atoms with Crippen molar-refractivity contribution in [3.8, 4) is 11.5 Å². The van der Waals surface area contributed by atoms with Gasteiger partial charge in [-0.2, -0.15) is 0 Å². The minimum absolute atomic E-state index is 0.00756. The van der Waals surface area contributed by atoms with Crippen LogP contribution in [0.1, 0.15) is 80.1 Å². The van der Waals surface area contributed by atoms with Gasteiger partial charge in [0.25, 0.3) is 0 Å². The molecule has 62 heavy (non-hydrogen) atoms. The molecule has 3 aliphatic carbocycles. The molecule has 2 saturated heterocycles. The third-order valence-corrected chi connectivity index (χ3v) is 13.3. The van der Waals surface area contributed by atoms with E-state index < -0.39 is 53.0 Å². The summed E-state index contributed by atoms with van der Waals surface area (Å²) >= 11 is 0. The Balaban J connectivity index is 1.06. The number of alkyl carbamates (subject to hydrolysis) is 1. The van der Waals surface area contributed by atoms with Gasteiger partial charge in [-0.25, -0.2) is 20.0 Å². The average Bonchev–Trinajstić information content (AvgIpc) is 3.89. The number of carbonyl (C=O) groups excluding carboxylic acids is 3. The van der Waals surface area contributed by atoms with Gasteiger partial charge < -0.3 is 39.6 Å². The van der Waals surface area contributed by atoms with Crippen LogP contribution in [0, 0.1) is 23.2 Å². The average molecular weight is 861 g/mol. The Hall–Kier alpha value is -4.71. The lowest BCUT2D eigenvalue weighted by Crippen LogP contribution is -2.59. The molecule has 338 valence electrons. The van der Waals surface area contributed by atoms with E-state index in [0.29, 0.717) is 72.7 Å². The van der Waals surface area contributed by atoms with Crippen molar-refractivity contribution in [3.05, 3.63) is 36.5 Å². The maximum atomic E-state index is 14.8. The standard InChI is InChI=1S/C45H64N8O9/c1-7-29-24-45(29,42(56)57)49-40(54)35-22-32(25-52(35)41(55)39(44(4,5)6)48-43(58)62-31-19-27-18-28(27)20-31)61-36-23-38(53-11-10-37(50-53)46-26(2)3)47-34-21-30(8-9-33(34)36)60-17-14-51-12-15-59-16-13-51/h8-11,21,23,26-29,31-32,35,37,39,46,50H,7,12-20,22,24-25H2,1-6H3,(H,48,58)(H,49,54)(H,56,57)/t27-,28?,29+,31?,32+,35-,37?,39+,45+/m0/s1. The van der Waals surface area contributed by atoms with E-state index in [-0.39, 0.29) is 37.2 Å².